The minimum absolute atomic E-state index is 0.0721. The van der Waals surface area contributed by atoms with Gasteiger partial charge in [-0.15, -0.1) is 0 Å². The summed E-state index contributed by atoms with van der Waals surface area (Å²) >= 11 is 0. The van der Waals surface area contributed by atoms with Gasteiger partial charge in [-0.2, -0.15) is 23.3 Å². The highest BCUT2D eigenvalue weighted by molar-refractivity contribution is 6.00. The summed E-state index contributed by atoms with van der Waals surface area (Å²) in [5.41, 5.74) is -2.86. The van der Waals surface area contributed by atoms with Crippen molar-refractivity contribution in [3.63, 3.8) is 0 Å². The van der Waals surface area contributed by atoms with E-state index in [-0.39, 0.29) is 18.4 Å². The predicted octanol–water partition coefficient (Wildman–Crippen LogP) is 3.34. The van der Waals surface area contributed by atoms with Gasteiger partial charge in [0.15, 0.2) is 5.72 Å². The first-order valence-corrected chi connectivity index (χ1v) is 8.14. The molecule has 3 rings (SSSR count). The minimum Gasteiger partial charge on any atom is -0.497 e. The number of hydrazone groups is 1. The number of benzene rings is 1. The maximum atomic E-state index is 13.4. The Bertz CT molecular complexity index is 687. The first-order valence-electron chi connectivity index (χ1n) is 8.14. The largest absolute Gasteiger partial charge is 0.497 e. The fourth-order valence-corrected chi connectivity index (χ4v) is 3.52. The number of hydrogen-bond acceptors (Lipinski definition) is 4. The van der Waals surface area contributed by atoms with Crippen LogP contribution in [0.2, 0.25) is 0 Å². The van der Waals surface area contributed by atoms with Crippen LogP contribution in [-0.2, 0) is 0 Å². The van der Waals surface area contributed by atoms with E-state index in [4.69, 9.17) is 4.74 Å². The van der Waals surface area contributed by atoms with Crippen molar-refractivity contribution in [3.8, 4) is 5.75 Å². The Morgan fingerprint density at radius 1 is 1.28 bits per heavy atom. The van der Waals surface area contributed by atoms with E-state index in [1.54, 1.807) is 0 Å². The molecule has 1 aromatic carbocycles. The average molecular weight is 356 g/mol. The number of carbonyl (C=O) groups is 1. The molecule has 0 saturated heterocycles. The number of ether oxygens (including phenoxy) is 1. The van der Waals surface area contributed by atoms with Crippen LogP contribution in [0.3, 0.4) is 0 Å². The Morgan fingerprint density at radius 3 is 2.56 bits per heavy atom. The molecule has 2 atom stereocenters. The molecule has 0 aromatic heterocycles. The molecule has 1 amide bonds. The number of rotatable bonds is 2. The lowest BCUT2D eigenvalue weighted by Crippen LogP contribution is -2.51. The van der Waals surface area contributed by atoms with Crippen molar-refractivity contribution in [2.75, 3.05) is 7.11 Å². The number of alkyl halides is 3. The zero-order valence-electron chi connectivity index (χ0n) is 13.7. The summed E-state index contributed by atoms with van der Waals surface area (Å²) in [7, 11) is 1.47. The molecular formula is C17H19F3N2O3. The van der Waals surface area contributed by atoms with E-state index in [1.807, 2.05) is 0 Å². The zero-order chi connectivity index (χ0) is 18.2. The van der Waals surface area contributed by atoms with Gasteiger partial charge in [-0.05, 0) is 43.5 Å². The molecule has 0 bridgehead atoms. The molecule has 1 aliphatic heterocycles. The van der Waals surface area contributed by atoms with E-state index >= 15 is 0 Å². The van der Waals surface area contributed by atoms with Crippen LogP contribution in [-0.4, -0.2) is 40.7 Å². The molecule has 136 valence electrons. The summed E-state index contributed by atoms with van der Waals surface area (Å²) in [5.74, 6) is -1.45. The minimum atomic E-state index is -4.68. The number of aliphatic hydroxyl groups is 1. The summed E-state index contributed by atoms with van der Waals surface area (Å²) in [4.78, 5) is 12.7. The van der Waals surface area contributed by atoms with Crippen molar-refractivity contribution in [2.24, 2.45) is 11.0 Å². The number of halogens is 3. The van der Waals surface area contributed by atoms with E-state index in [9.17, 15) is 23.1 Å². The maximum Gasteiger partial charge on any atom is 0.431 e. The number of hydrogen-bond donors (Lipinski definition) is 1. The number of amides is 1. The molecule has 0 radical (unpaired) electrons. The summed E-state index contributed by atoms with van der Waals surface area (Å²) in [6.45, 7) is 0. The van der Waals surface area contributed by atoms with Crippen LogP contribution < -0.4 is 4.74 Å². The standard InChI is InChI=1S/C17H19F3N2O3/c1-25-12-8-6-11(7-9-12)15(23)22-16(24)10-4-2-3-5-13(16)14(21-22)17(18,19)20/h6-9,13,24H,2-5,10H2,1H3/t13-,16+/m0/s1. The van der Waals surface area contributed by atoms with Crippen LogP contribution in [0.15, 0.2) is 29.4 Å². The average Bonchev–Trinajstić information content (AvgIpc) is 2.73. The third-order valence-electron chi connectivity index (χ3n) is 4.82. The second-order valence-corrected chi connectivity index (χ2v) is 6.36. The van der Waals surface area contributed by atoms with Crippen molar-refractivity contribution in [3.05, 3.63) is 29.8 Å². The molecule has 1 heterocycles. The SMILES string of the molecule is COc1ccc(C(=O)N2N=C(C(F)(F)F)[C@@H]3CCCCC[C@@]32O)cc1. The van der Waals surface area contributed by atoms with Gasteiger partial charge in [-0.25, -0.2) is 0 Å². The lowest BCUT2D eigenvalue weighted by atomic mass is 9.87. The molecule has 1 aromatic rings. The fraction of sp³-hybridized carbons (Fsp3) is 0.529. The van der Waals surface area contributed by atoms with Gasteiger partial charge < -0.3 is 9.84 Å². The molecule has 1 saturated carbocycles. The third kappa shape index (κ3) is 3.10. The van der Waals surface area contributed by atoms with Crippen LogP contribution in [0.5, 0.6) is 5.75 Å². The van der Waals surface area contributed by atoms with Crippen molar-refractivity contribution >= 4 is 11.6 Å². The number of fused-ring (bicyclic) bond motifs is 1. The summed E-state index contributed by atoms with van der Waals surface area (Å²) in [6, 6.07) is 5.95. The molecule has 1 aliphatic carbocycles. The molecule has 25 heavy (non-hydrogen) atoms. The van der Waals surface area contributed by atoms with Crippen LogP contribution in [0.25, 0.3) is 0 Å². The number of nitrogens with zero attached hydrogens (tertiary/aromatic N) is 2. The second-order valence-electron chi connectivity index (χ2n) is 6.36. The van der Waals surface area contributed by atoms with Crippen LogP contribution in [0.4, 0.5) is 13.2 Å². The number of methoxy groups -OCH3 is 1. The van der Waals surface area contributed by atoms with Crippen LogP contribution in [0.1, 0.15) is 42.5 Å². The lowest BCUT2D eigenvalue weighted by Gasteiger charge is -2.35. The molecule has 5 nitrogen and oxygen atoms in total. The molecule has 8 heteroatoms. The summed E-state index contributed by atoms with van der Waals surface area (Å²) < 4.78 is 45.1. The first-order chi connectivity index (χ1) is 11.8. The molecule has 1 N–H and O–H groups in total. The fourth-order valence-electron chi connectivity index (χ4n) is 3.52. The van der Waals surface area contributed by atoms with Gasteiger partial charge in [-0.3, -0.25) is 4.79 Å². The van der Waals surface area contributed by atoms with Gasteiger partial charge in [-0.1, -0.05) is 12.8 Å². The van der Waals surface area contributed by atoms with Gasteiger partial charge in [0, 0.05) is 5.56 Å². The van der Waals surface area contributed by atoms with E-state index in [2.05, 4.69) is 5.10 Å². The van der Waals surface area contributed by atoms with Gasteiger partial charge in [0.25, 0.3) is 5.91 Å². The highest BCUT2D eigenvalue weighted by atomic mass is 19.4. The Hall–Kier alpha value is -2.09. The Balaban J connectivity index is 1.99. The molecule has 1 fully saturated rings. The third-order valence-corrected chi connectivity index (χ3v) is 4.82. The van der Waals surface area contributed by atoms with Gasteiger partial charge in [0.1, 0.15) is 11.5 Å². The van der Waals surface area contributed by atoms with Gasteiger partial charge in [0.2, 0.25) is 0 Å². The van der Waals surface area contributed by atoms with E-state index in [1.165, 1.54) is 31.4 Å². The molecular weight excluding hydrogens is 337 g/mol. The van der Waals surface area contributed by atoms with Crippen molar-refractivity contribution < 1.29 is 27.8 Å². The highest BCUT2D eigenvalue weighted by Gasteiger charge is 2.59. The highest BCUT2D eigenvalue weighted by Crippen LogP contribution is 2.45. The molecule has 0 spiro atoms. The monoisotopic (exact) mass is 356 g/mol. The normalized spacial score (nSPS) is 26.7. The molecule has 2 aliphatic rings. The van der Waals surface area contributed by atoms with E-state index in [0.29, 0.717) is 30.0 Å². The smallest absolute Gasteiger partial charge is 0.431 e. The Kier molecular flexibility index (Phi) is 4.49. The predicted molar refractivity (Wildman–Crippen MR) is 84.2 cm³/mol. The van der Waals surface area contributed by atoms with Crippen molar-refractivity contribution in [1.82, 2.24) is 5.01 Å². The zero-order valence-corrected chi connectivity index (χ0v) is 13.7. The van der Waals surface area contributed by atoms with Gasteiger partial charge >= 0.3 is 6.18 Å². The first kappa shape index (κ1) is 17.7. The van der Waals surface area contributed by atoms with E-state index in [0.717, 1.165) is 0 Å². The van der Waals surface area contributed by atoms with Crippen LogP contribution in [0, 0.1) is 5.92 Å². The quantitative estimate of drug-likeness (QED) is 0.884. The molecule has 0 unspecified atom stereocenters. The Labute approximate surface area is 143 Å². The topological polar surface area (TPSA) is 62.1 Å². The van der Waals surface area contributed by atoms with Crippen molar-refractivity contribution in [2.45, 2.75) is 44.0 Å². The van der Waals surface area contributed by atoms with Gasteiger partial charge in [0.05, 0.1) is 13.0 Å². The van der Waals surface area contributed by atoms with Crippen molar-refractivity contribution in [1.29, 1.82) is 0 Å². The summed E-state index contributed by atoms with van der Waals surface area (Å²) in [6.07, 6.45) is -2.64. The van der Waals surface area contributed by atoms with Crippen LogP contribution >= 0.6 is 0 Å². The van der Waals surface area contributed by atoms with E-state index < -0.39 is 29.4 Å². The maximum absolute atomic E-state index is 13.4. The Morgan fingerprint density at radius 2 is 1.96 bits per heavy atom. The lowest BCUT2D eigenvalue weighted by molar-refractivity contribution is -0.108. The summed E-state index contributed by atoms with van der Waals surface area (Å²) in [5, 5.41) is 15.1. The second kappa shape index (κ2) is 6.33. The number of carbonyl (C=O) groups excluding carboxylic acids is 1.